The number of aromatic nitrogens is 2. The molecule has 3 heterocycles. The largest absolute Gasteiger partial charge is 0.455 e. The van der Waals surface area contributed by atoms with E-state index >= 15 is 0 Å². The molecule has 0 saturated carbocycles. The number of para-hydroxylation sites is 1. The van der Waals surface area contributed by atoms with Crippen LogP contribution in [-0.4, -0.2) is 15.9 Å². The Hall–Kier alpha value is -3.06. The molecular weight excluding hydrogens is 362 g/mol. The van der Waals surface area contributed by atoms with Crippen LogP contribution in [0, 0.1) is 6.92 Å². The van der Waals surface area contributed by atoms with Gasteiger partial charge in [0.2, 0.25) is 0 Å². The molecule has 1 N–H and O–H groups in total. The second-order valence-corrected chi connectivity index (χ2v) is 6.92. The van der Waals surface area contributed by atoms with Gasteiger partial charge in [-0.15, -0.1) is 0 Å². The van der Waals surface area contributed by atoms with Gasteiger partial charge in [-0.2, -0.15) is 0 Å². The maximum atomic E-state index is 12.2. The lowest BCUT2D eigenvalue weighted by atomic mass is 10.2. The van der Waals surface area contributed by atoms with Gasteiger partial charge in [0.05, 0.1) is 5.75 Å². The summed E-state index contributed by atoms with van der Waals surface area (Å²) in [5.41, 5.74) is 3.70. The number of hydrogen-bond donors (Lipinski definition) is 1. The van der Waals surface area contributed by atoms with Crippen molar-refractivity contribution in [1.82, 2.24) is 15.3 Å². The third kappa shape index (κ3) is 4.03. The van der Waals surface area contributed by atoms with E-state index in [-0.39, 0.29) is 11.7 Å². The number of pyridine rings is 1. The van der Waals surface area contributed by atoms with Crippen molar-refractivity contribution in [1.29, 1.82) is 0 Å². The van der Waals surface area contributed by atoms with Gasteiger partial charge in [0.25, 0.3) is 11.1 Å². The normalized spacial score (nSPS) is 11.0. The Morgan fingerprint density at radius 2 is 1.96 bits per heavy atom. The molecule has 0 unspecified atom stereocenters. The zero-order valence-electron chi connectivity index (χ0n) is 14.6. The predicted octanol–water partition coefficient (Wildman–Crippen LogP) is 4.35. The Labute approximate surface area is 160 Å². The lowest BCUT2D eigenvalue weighted by Gasteiger charge is -2.02. The molecule has 0 radical (unpaired) electrons. The highest BCUT2D eigenvalue weighted by Gasteiger charge is 2.13. The Kier molecular flexibility index (Phi) is 4.93. The molecule has 0 saturated heterocycles. The molecule has 0 aliphatic rings. The molecule has 7 heteroatoms. The first kappa shape index (κ1) is 17.4. The lowest BCUT2D eigenvalue weighted by molar-refractivity contribution is 0.0921. The first-order chi connectivity index (χ1) is 13.2. The number of oxazole rings is 1. The zero-order chi connectivity index (χ0) is 18.6. The molecule has 0 aliphatic carbocycles. The van der Waals surface area contributed by atoms with Crippen LogP contribution in [-0.2, 0) is 12.3 Å². The average molecular weight is 379 g/mol. The molecule has 0 aliphatic heterocycles. The Balaban J connectivity index is 1.36. The number of carbonyl (C=O) groups excluding carboxylic acids is 1. The second-order valence-electron chi connectivity index (χ2n) is 5.99. The van der Waals surface area contributed by atoms with E-state index in [2.05, 4.69) is 15.3 Å². The van der Waals surface area contributed by atoms with E-state index in [9.17, 15) is 4.79 Å². The van der Waals surface area contributed by atoms with E-state index in [0.717, 1.165) is 22.2 Å². The lowest BCUT2D eigenvalue weighted by Crippen LogP contribution is -2.22. The SMILES string of the molecule is Cc1cccc2oc(SCc3ccc(C(=O)NCc4ccncc4)o3)nc12. The first-order valence-electron chi connectivity index (χ1n) is 8.44. The fourth-order valence-electron chi connectivity index (χ4n) is 2.61. The van der Waals surface area contributed by atoms with Crippen LogP contribution in [0.15, 0.2) is 68.9 Å². The number of carbonyl (C=O) groups is 1. The van der Waals surface area contributed by atoms with Gasteiger partial charge in [0, 0.05) is 18.9 Å². The van der Waals surface area contributed by atoms with Crippen LogP contribution in [0.25, 0.3) is 11.1 Å². The van der Waals surface area contributed by atoms with Crippen LogP contribution >= 0.6 is 11.8 Å². The van der Waals surface area contributed by atoms with E-state index in [4.69, 9.17) is 8.83 Å². The van der Waals surface area contributed by atoms with Gasteiger partial charge in [-0.1, -0.05) is 23.9 Å². The molecule has 1 amide bonds. The standard InChI is InChI=1S/C20H17N3O3S/c1-13-3-2-4-16-18(13)23-20(26-16)27-12-15-5-6-17(25-15)19(24)22-11-14-7-9-21-10-8-14/h2-10H,11-12H2,1H3,(H,22,24). The second kappa shape index (κ2) is 7.67. The number of benzene rings is 1. The van der Waals surface area contributed by atoms with Gasteiger partial charge in [-0.3, -0.25) is 9.78 Å². The van der Waals surface area contributed by atoms with Crippen molar-refractivity contribution in [3.8, 4) is 0 Å². The molecule has 0 atom stereocenters. The summed E-state index contributed by atoms with van der Waals surface area (Å²) < 4.78 is 11.4. The summed E-state index contributed by atoms with van der Waals surface area (Å²) in [6.07, 6.45) is 3.38. The number of nitrogens with one attached hydrogen (secondary N) is 1. The van der Waals surface area contributed by atoms with Gasteiger partial charge in [-0.25, -0.2) is 4.98 Å². The summed E-state index contributed by atoms with van der Waals surface area (Å²) in [4.78, 5) is 20.7. The van der Waals surface area contributed by atoms with Gasteiger partial charge in [0.1, 0.15) is 11.3 Å². The Morgan fingerprint density at radius 1 is 1.11 bits per heavy atom. The number of rotatable bonds is 6. The monoisotopic (exact) mass is 379 g/mol. The van der Waals surface area contributed by atoms with Gasteiger partial charge < -0.3 is 14.2 Å². The van der Waals surface area contributed by atoms with E-state index in [1.54, 1.807) is 24.5 Å². The number of fused-ring (bicyclic) bond motifs is 1. The molecule has 0 bridgehead atoms. The molecule has 0 spiro atoms. The van der Waals surface area contributed by atoms with E-state index in [1.165, 1.54) is 11.8 Å². The van der Waals surface area contributed by atoms with E-state index in [0.29, 0.717) is 23.3 Å². The van der Waals surface area contributed by atoms with Crippen LogP contribution < -0.4 is 5.32 Å². The molecule has 6 nitrogen and oxygen atoms in total. The third-order valence-electron chi connectivity index (χ3n) is 4.03. The fraction of sp³-hybridized carbons (Fsp3) is 0.150. The van der Waals surface area contributed by atoms with Gasteiger partial charge in [-0.05, 0) is 48.4 Å². The smallest absolute Gasteiger partial charge is 0.287 e. The molecule has 4 rings (SSSR count). The van der Waals surface area contributed by atoms with Crippen molar-refractivity contribution in [2.75, 3.05) is 0 Å². The third-order valence-corrected chi connectivity index (χ3v) is 4.88. The summed E-state index contributed by atoms with van der Waals surface area (Å²) in [5.74, 6) is 1.26. The molecule has 3 aromatic heterocycles. The highest BCUT2D eigenvalue weighted by molar-refractivity contribution is 7.98. The quantitative estimate of drug-likeness (QED) is 0.502. The Bertz CT molecular complexity index is 1070. The first-order valence-corrected chi connectivity index (χ1v) is 9.42. The summed E-state index contributed by atoms with van der Waals surface area (Å²) >= 11 is 1.43. The van der Waals surface area contributed by atoms with Crippen LogP contribution in [0.3, 0.4) is 0 Å². The minimum Gasteiger partial charge on any atom is -0.455 e. The number of furan rings is 1. The topological polar surface area (TPSA) is 81.2 Å². The molecule has 136 valence electrons. The summed E-state index contributed by atoms with van der Waals surface area (Å²) in [7, 11) is 0. The molecule has 0 fully saturated rings. The van der Waals surface area contributed by atoms with E-state index in [1.807, 2.05) is 37.3 Å². The molecule has 27 heavy (non-hydrogen) atoms. The van der Waals surface area contributed by atoms with Crippen molar-refractivity contribution in [2.45, 2.75) is 24.4 Å². The van der Waals surface area contributed by atoms with Crippen LogP contribution in [0.5, 0.6) is 0 Å². The van der Waals surface area contributed by atoms with Crippen molar-refractivity contribution in [2.24, 2.45) is 0 Å². The fourth-order valence-corrected chi connectivity index (χ4v) is 3.33. The summed E-state index contributed by atoms with van der Waals surface area (Å²) in [6.45, 7) is 2.43. The minimum atomic E-state index is -0.249. The van der Waals surface area contributed by atoms with E-state index < -0.39 is 0 Å². The average Bonchev–Trinajstić information content (AvgIpc) is 3.33. The zero-order valence-corrected chi connectivity index (χ0v) is 15.5. The number of aryl methyl sites for hydroxylation is 1. The predicted molar refractivity (Wildman–Crippen MR) is 102 cm³/mol. The number of thioether (sulfide) groups is 1. The van der Waals surface area contributed by atoms with Crippen LogP contribution in [0.4, 0.5) is 0 Å². The maximum absolute atomic E-state index is 12.2. The van der Waals surface area contributed by atoms with Crippen LogP contribution in [0.2, 0.25) is 0 Å². The Morgan fingerprint density at radius 3 is 2.78 bits per heavy atom. The van der Waals surface area contributed by atoms with Gasteiger partial charge >= 0.3 is 0 Å². The van der Waals surface area contributed by atoms with Crippen LogP contribution in [0.1, 0.15) is 27.4 Å². The highest BCUT2D eigenvalue weighted by atomic mass is 32.2. The summed E-state index contributed by atoms with van der Waals surface area (Å²) in [5, 5.41) is 3.41. The number of nitrogens with zero attached hydrogens (tertiary/aromatic N) is 2. The molecular formula is C20H17N3O3S. The number of amides is 1. The summed E-state index contributed by atoms with van der Waals surface area (Å²) in [6, 6.07) is 13.0. The van der Waals surface area contributed by atoms with Crippen molar-refractivity contribution >= 4 is 28.8 Å². The van der Waals surface area contributed by atoms with Crippen molar-refractivity contribution in [3.05, 3.63) is 77.5 Å². The van der Waals surface area contributed by atoms with Crippen molar-refractivity contribution < 1.29 is 13.6 Å². The van der Waals surface area contributed by atoms with Crippen molar-refractivity contribution in [3.63, 3.8) is 0 Å². The molecule has 4 aromatic rings. The highest BCUT2D eigenvalue weighted by Crippen LogP contribution is 2.28. The maximum Gasteiger partial charge on any atom is 0.287 e. The minimum absolute atomic E-state index is 0.249. The number of hydrogen-bond acceptors (Lipinski definition) is 6. The molecule has 1 aromatic carbocycles. The van der Waals surface area contributed by atoms with Gasteiger partial charge in [0.15, 0.2) is 11.3 Å².